The predicted molar refractivity (Wildman–Crippen MR) is 108 cm³/mol. The van der Waals surface area contributed by atoms with Crippen molar-refractivity contribution in [3.05, 3.63) is 90.0 Å². The highest BCUT2D eigenvalue weighted by atomic mass is 19.3. The molecule has 0 saturated heterocycles. The summed E-state index contributed by atoms with van der Waals surface area (Å²) in [4.78, 5) is 12.5. The number of ether oxygens (including phenoxy) is 3. The van der Waals surface area contributed by atoms with Gasteiger partial charge in [0.1, 0.15) is 17.2 Å². The first-order valence-electron chi connectivity index (χ1n) is 9.21. The summed E-state index contributed by atoms with van der Waals surface area (Å²) in [6.45, 7) is -3.07. The Morgan fingerprint density at radius 1 is 0.833 bits per heavy atom. The Hall–Kier alpha value is -3.61. The number of carbonyl (C=O) groups excluding carboxylic acids is 1. The fraction of sp³-hybridized carbons (Fsp3) is 0.174. The van der Waals surface area contributed by atoms with Crippen LogP contribution in [-0.4, -0.2) is 26.2 Å². The van der Waals surface area contributed by atoms with Gasteiger partial charge in [-0.05, 0) is 47.5 Å². The zero-order valence-electron chi connectivity index (χ0n) is 16.3. The lowest BCUT2D eigenvalue weighted by Crippen LogP contribution is -2.33. The van der Waals surface area contributed by atoms with Crippen molar-refractivity contribution < 1.29 is 27.8 Å². The summed E-state index contributed by atoms with van der Waals surface area (Å²) in [5, 5.41) is 2.93. The topological polar surface area (TPSA) is 56.8 Å². The summed E-state index contributed by atoms with van der Waals surface area (Å²) in [7, 11) is 1.57. The number of methoxy groups -OCH3 is 1. The molecule has 3 rings (SSSR count). The lowest BCUT2D eigenvalue weighted by atomic mass is 9.98. The predicted octanol–water partition coefficient (Wildman–Crippen LogP) is 4.58. The Balaban J connectivity index is 1.70. The molecule has 1 N–H and O–H groups in total. The van der Waals surface area contributed by atoms with Gasteiger partial charge in [-0.1, -0.05) is 42.5 Å². The van der Waals surface area contributed by atoms with Crippen molar-refractivity contribution in [2.45, 2.75) is 12.7 Å². The summed E-state index contributed by atoms with van der Waals surface area (Å²) >= 11 is 0. The third-order valence-corrected chi connectivity index (χ3v) is 4.31. The average molecular weight is 413 g/mol. The molecule has 0 radical (unpaired) electrons. The van der Waals surface area contributed by atoms with E-state index in [-0.39, 0.29) is 18.3 Å². The molecule has 0 aliphatic rings. The number of amides is 1. The van der Waals surface area contributed by atoms with Gasteiger partial charge < -0.3 is 19.5 Å². The van der Waals surface area contributed by atoms with Crippen molar-refractivity contribution in [3.8, 4) is 17.2 Å². The second-order valence-corrected chi connectivity index (χ2v) is 6.32. The molecule has 0 heterocycles. The van der Waals surface area contributed by atoms with Crippen LogP contribution in [0.3, 0.4) is 0 Å². The van der Waals surface area contributed by atoms with Crippen molar-refractivity contribution in [3.63, 3.8) is 0 Å². The molecule has 156 valence electrons. The highest BCUT2D eigenvalue weighted by molar-refractivity contribution is 5.78. The van der Waals surface area contributed by atoms with Gasteiger partial charge in [0.25, 0.3) is 5.91 Å². The van der Waals surface area contributed by atoms with Crippen LogP contribution >= 0.6 is 0 Å². The number of halogens is 2. The van der Waals surface area contributed by atoms with Crippen LogP contribution < -0.4 is 19.5 Å². The molecule has 0 unspecified atom stereocenters. The van der Waals surface area contributed by atoms with Crippen LogP contribution in [0.25, 0.3) is 0 Å². The molecule has 7 heteroatoms. The van der Waals surface area contributed by atoms with E-state index < -0.39 is 12.7 Å². The van der Waals surface area contributed by atoms with Gasteiger partial charge in [0.15, 0.2) is 6.61 Å². The van der Waals surface area contributed by atoms with Gasteiger partial charge in [-0.25, -0.2) is 0 Å². The van der Waals surface area contributed by atoms with Crippen LogP contribution in [0, 0.1) is 0 Å². The Morgan fingerprint density at radius 3 is 2.00 bits per heavy atom. The smallest absolute Gasteiger partial charge is 0.387 e. The van der Waals surface area contributed by atoms with E-state index in [9.17, 15) is 13.6 Å². The summed E-state index contributed by atoms with van der Waals surface area (Å²) in [5.74, 6) is 0.952. The minimum atomic E-state index is -2.89. The maximum atomic E-state index is 12.5. The number of carbonyl (C=O) groups is 1. The third kappa shape index (κ3) is 5.94. The van der Waals surface area contributed by atoms with Gasteiger partial charge >= 0.3 is 6.61 Å². The number of alkyl halides is 2. The highest BCUT2D eigenvalue weighted by Gasteiger charge is 2.17. The van der Waals surface area contributed by atoms with Gasteiger partial charge in [-0.15, -0.1) is 0 Å². The monoisotopic (exact) mass is 413 g/mol. The first-order chi connectivity index (χ1) is 14.5. The zero-order valence-corrected chi connectivity index (χ0v) is 16.3. The van der Waals surface area contributed by atoms with Crippen molar-refractivity contribution in [1.82, 2.24) is 5.32 Å². The van der Waals surface area contributed by atoms with E-state index in [1.54, 1.807) is 43.5 Å². The lowest BCUT2D eigenvalue weighted by Gasteiger charge is -2.20. The van der Waals surface area contributed by atoms with E-state index in [1.807, 2.05) is 30.3 Å². The fourth-order valence-electron chi connectivity index (χ4n) is 2.87. The first kappa shape index (κ1) is 21.1. The maximum absolute atomic E-state index is 12.5. The van der Waals surface area contributed by atoms with E-state index in [0.29, 0.717) is 11.5 Å². The van der Waals surface area contributed by atoms with E-state index in [2.05, 4.69) is 10.1 Å². The van der Waals surface area contributed by atoms with Crippen LogP contribution in [-0.2, 0) is 4.79 Å². The van der Waals surface area contributed by atoms with Crippen LogP contribution in [0.4, 0.5) is 8.78 Å². The van der Waals surface area contributed by atoms with E-state index >= 15 is 0 Å². The molecule has 0 aromatic heterocycles. The van der Waals surface area contributed by atoms with E-state index in [4.69, 9.17) is 9.47 Å². The summed E-state index contributed by atoms with van der Waals surface area (Å²) in [6, 6.07) is 21.9. The molecule has 0 aliphatic heterocycles. The highest BCUT2D eigenvalue weighted by Crippen LogP contribution is 2.25. The standard InChI is InChI=1S/C23H21F2NO4/c1-28-18-11-13-19(14-12-18)29-15-21(27)26-22(16-5-3-2-4-6-16)17-7-9-20(10-8-17)30-23(24)25/h2-14,22-23H,15H2,1H3,(H,26,27)/t22-/m0/s1. The third-order valence-electron chi connectivity index (χ3n) is 4.31. The van der Waals surface area contributed by atoms with Crippen molar-refractivity contribution in [1.29, 1.82) is 0 Å². The second kappa shape index (κ2) is 10.2. The van der Waals surface area contributed by atoms with E-state index in [0.717, 1.165) is 11.1 Å². The van der Waals surface area contributed by atoms with Crippen LogP contribution in [0.5, 0.6) is 17.2 Å². The molecular formula is C23H21F2NO4. The van der Waals surface area contributed by atoms with Crippen molar-refractivity contribution in [2.24, 2.45) is 0 Å². The Bertz CT molecular complexity index is 932. The fourth-order valence-corrected chi connectivity index (χ4v) is 2.87. The van der Waals surface area contributed by atoms with Gasteiger partial charge in [-0.2, -0.15) is 8.78 Å². The number of nitrogens with one attached hydrogen (secondary N) is 1. The number of hydrogen-bond donors (Lipinski definition) is 1. The summed E-state index contributed by atoms with van der Waals surface area (Å²) in [5.41, 5.74) is 1.57. The number of rotatable bonds is 9. The Kier molecular flexibility index (Phi) is 7.21. The van der Waals surface area contributed by atoms with Crippen molar-refractivity contribution in [2.75, 3.05) is 13.7 Å². The molecule has 0 bridgehead atoms. The van der Waals surface area contributed by atoms with Crippen LogP contribution in [0.15, 0.2) is 78.9 Å². The molecule has 30 heavy (non-hydrogen) atoms. The average Bonchev–Trinajstić information content (AvgIpc) is 2.77. The van der Waals surface area contributed by atoms with Gasteiger partial charge in [0, 0.05) is 0 Å². The first-order valence-corrected chi connectivity index (χ1v) is 9.21. The largest absolute Gasteiger partial charge is 0.497 e. The number of benzene rings is 3. The summed E-state index contributed by atoms with van der Waals surface area (Å²) < 4.78 is 39.8. The van der Waals surface area contributed by atoms with Crippen LogP contribution in [0.1, 0.15) is 17.2 Å². The Morgan fingerprint density at radius 2 is 1.40 bits per heavy atom. The molecular weight excluding hydrogens is 392 g/mol. The molecule has 3 aromatic rings. The maximum Gasteiger partial charge on any atom is 0.387 e. The molecule has 3 aromatic carbocycles. The molecule has 0 saturated carbocycles. The molecule has 1 atom stereocenters. The van der Waals surface area contributed by atoms with Crippen molar-refractivity contribution >= 4 is 5.91 Å². The van der Waals surface area contributed by atoms with Gasteiger partial charge in [0.2, 0.25) is 0 Å². The molecule has 0 fully saturated rings. The zero-order chi connectivity index (χ0) is 21.3. The molecule has 1 amide bonds. The van der Waals surface area contributed by atoms with Gasteiger partial charge in [-0.3, -0.25) is 4.79 Å². The molecule has 0 spiro atoms. The minimum absolute atomic E-state index is 0.0507. The quantitative estimate of drug-likeness (QED) is 0.558. The van der Waals surface area contributed by atoms with Gasteiger partial charge in [0.05, 0.1) is 13.2 Å². The lowest BCUT2D eigenvalue weighted by molar-refractivity contribution is -0.123. The Labute approximate surface area is 173 Å². The molecule has 5 nitrogen and oxygen atoms in total. The minimum Gasteiger partial charge on any atom is -0.497 e. The second-order valence-electron chi connectivity index (χ2n) is 6.32. The van der Waals surface area contributed by atoms with E-state index in [1.165, 1.54) is 12.1 Å². The number of hydrogen-bond acceptors (Lipinski definition) is 4. The SMILES string of the molecule is COc1ccc(OCC(=O)N[C@@H](c2ccccc2)c2ccc(OC(F)F)cc2)cc1. The summed E-state index contributed by atoms with van der Waals surface area (Å²) in [6.07, 6.45) is 0. The normalized spacial score (nSPS) is 11.6. The molecule has 0 aliphatic carbocycles. The van der Waals surface area contributed by atoms with Crippen LogP contribution in [0.2, 0.25) is 0 Å².